The van der Waals surface area contributed by atoms with E-state index in [1.54, 1.807) is 7.11 Å². The van der Waals surface area contributed by atoms with E-state index in [4.69, 9.17) is 4.74 Å². The van der Waals surface area contributed by atoms with E-state index in [1.807, 2.05) is 24.4 Å². The molecule has 0 saturated carbocycles. The van der Waals surface area contributed by atoms with Crippen LogP contribution in [0.4, 0.5) is 11.4 Å². The lowest BCUT2D eigenvalue weighted by molar-refractivity contribution is -0.115. The van der Waals surface area contributed by atoms with Gasteiger partial charge in [-0.05, 0) is 49.6 Å². The average molecular weight is 378 g/mol. The number of nitrogens with one attached hydrogen (secondary N) is 1. The predicted octanol–water partition coefficient (Wildman–Crippen LogP) is 2.65. The number of pyridine rings is 1. The average Bonchev–Trinajstić information content (AvgIpc) is 3.03. The first-order chi connectivity index (χ1) is 13.7. The third kappa shape index (κ3) is 2.92. The number of nitrogens with zero attached hydrogens (tertiary/aromatic N) is 3. The first-order valence-electron chi connectivity index (χ1n) is 10.1. The van der Waals surface area contributed by atoms with E-state index < -0.39 is 0 Å². The number of piperidine rings is 1. The smallest absolute Gasteiger partial charge is 0.243 e. The summed E-state index contributed by atoms with van der Waals surface area (Å²) in [5.41, 5.74) is 4.69. The molecule has 1 fully saturated rings. The highest BCUT2D eigenvalue weighted by Crippen LogP contribution is 2.49. The van der Waals surface area contributed by atoms with Gasteiger partial charge in [-0.2, -0.15) is 0 Å². The van der Waals surface area contributed by atoms with Gasteiger partial charge in [0.15, 0.2) is 0 Å². The van der Waals surface area contributed by atoms with Gasteiger partial charge in [-0.1, -0.05) is 12.1 Å². The third-order valence-corrected chi connectivity index (χ3v) is 6.36. The number of aryl methyl sites for hydroxylation is 1. The minimum atomic E-state index is 0.108. The van der Waals surface area contributed by atoms with Crippen molar-refractivity contribution in [3.05, 3.63) is 47.8 Å². The van der Waals surface area contributed by atoms with Gasteiger partial charge >= 0.3 is 0 Å². The largest absolute Gasteiger partial charge is 0.495 e. The van der Waals surface area contributed by atoms with Gasteiger partial charge in [0.05, 0.1) is 30.7 Å². The highest BCUT2D eigenvalue weighted by molar-refractivity contribution is 6.03. The van der Waals surface area contributed by atoms with Crippen LogP contribution in [0.1, 0.15) is 30.0 Å². The molecule has 28 heavy (non-hydrogen) atoms. The van der Waals surface area contributed by atoms with Gasteiger partial charge in [0.25, 0.3) is 0 Å². The molecule has 1 aromatic carbocycles. The molecule has 6 heteroatoms. The van der Waals surface area contributed by atoms with Crippen LogP contribution in [0.2, 0.25) is 0 Å². The number of aromatic nitrogens is 1. The SMILES string of the molecule is COc1cccnc1CCCN1CC[C@H]2[C@@H](C1)c1cccc3c1N2CC(=O)N3. The molecule has 1 aromatic heterocycles. The standard InChI is InChI=1S/C22H26N4O2/c1-28-20-8-3-10-23-17(20)7-4-11-25-12-9-19-16(13-25)15-5-2-6-18-22(15)26(19)14-21(27)24-18/h2-3,5-6,8,10,16,19H,4,7,9,11-14H2,1H3,(H,24,27)/t16-,19-/m0/s1. The minimum absolute atomic E-state index is 0.108. The fraction of sp³-hybridized carbons (Fsp3) is 0.455. The first kappa shape index (κ1) is 17.5. The fourth-order valence-electron chi connectivity index (χ4n) is 5.14. The van der Waals surface area contributed by atoms with Crippen LogP contribution in [0.5, 0.6) is 5.75 Å². The molecule has 4 heterocycles. The van der Waals surface area contributed by atoms with Crippen LogP contribution in [-0.2, 0) is 11.2 Å². The van der Waals surface area contributed by atoms with Crippen molar-refractivity contribution in [2.45, 2.75) is 31.2 Å². The summed E-state index contributed by atoms with van der Waals surface area (Å²) in [5.74, 6) is 1.47. The molecule has 3 aliphatic heterocycles. The molecule has 0 aliphatic carbocycles. The molecule has 0 unspecified atom stereocenters. The lowest BCUT2D eigenvalue weighted by Gasteiger charge is -2.39. The number of carbonyl (C=O) groups is 1. The number of anilines is 2. The van der Waals surface area contributed by atoms with Gasteiger partial charge in [0.2, 0.25) is 5.91 Å². The second-order valence-corrected chi connectivity index (χ2v) is 7.94. The maximum Gasteiger partial charge on any atom is 0.243 e. The van der Waals surface area contributed by atoms with Gasteiger partial charge in [-0.15, -0.1) is 0 Å². The molecular weight excluding hydrogens is 352 g/mol. The molecule has 2 atom stereocenters. The summed E-state index contributed by atoms with van der Waals surface area (Å²) in [6, 6.07) is 10.7. The lowest BCUT2D eigenvalue weighted by atomic mass is 9.89. The predicted molar refractivity (Wildman–Crippen MR) is 109 cm³/mol. The van der Waals surface area contributed by atoms with Gasteiger partial charge in [0, 0.05) is 31.2 Å². The van der Waals surface area contributed by atoms with Crippen LogP contribution >= 0.6 is 0 Å². The zero-order valence-corrected chi connectivity index (χ0v) is 16.2. The van der Waals surface area contributed by atoms with Crippen LogP contribution in [0.15, 0.2) is 36.5 Å². The second-order valence-electron chi connectivity index (χ2n) is 7.94. The van der Waals surface area contributed by atoms with E-state index in [1.165, 1.54) is 11.3 Å². The van der Waals surface area contributed by atoms with Crippen molar-refractivity contribution < 1.29 is 9.53 Å². The molecular formula is C22H26N4O2. The maximum atomic E-state index is 12.1. The molecule has 0 spiro atoms. The normalized spacial score (nSPS) is 23.2. The highest BCUT2D eigenvalue weighted by atomic mass is 16.5. The van der Waals surface area contributed by atoms with E-state index in [0.29, 0.717) is 18.5 Å². The van der Waals surface area contributed by atoms with E-state index >= 15 is 0 Å². The Balaban J connectivity index is 1.26. The Labute approximate surface area is 165 Å². The summed E-state index contributed by atoms with van der Waals surface area (Å²) in [5, 5.41) is 3.04. The summed E-state index contributed by atoms with van der Waals surface area (Å²) < 4.78 is 5.42. The number of fused-ring (bicyclic) bond motifs is 3. The molecule has 6 nitrogen and oxygen atoms in total. The van der Waals surface area contributed by atoms with Crippen LogP contribution < -0.4 is 15.0 Å². The number of likely N-dealkylation sites (tertiary alicyclic amines) is 1. The van der Waals surface area contributed by atoms with Crippen LogP contribution in [0.25, 0.3) is 0 Å². The molecule has 0 radical (unpaired) electrons. The molecule has 1 N–H and O–H groups in total. The van der Waals surface area contributed by atoms with Crippen molar-refractivity contribution in [3.8, 4) is 5.75 Å². The fourth-order valence-corrected chi connectivity index (χ4v) is 5.14. The Morgan fingerprint density at radius 1 is 1.29 bits per heavy atom. The topological polar surface area (TPSA) is 57.7 Å². The van der Waals surface area contributed by atoms with E-state index in [-0.39, 0.29) is 5.91 Å². The molecule has 1 saturated heterocycles. The number of ether oxygens (including phenoxy) is 1. The number of amides is 1. The third-order valence-electron chi connectivity index (χ3n) is 6.36. The minimum Gasteiger partial charge on any atom is -0.495 e. The van der Waals surface area contributed by atoms with Crippen molar-refractivity contribution in [2.24, 2.45) is 0 Å². The van der Waals surface area contributed by atoms with Crippen LogP contribution in [0, 0.1) is 0 Å². The zero-order valence-electron chi connectivity index (χ0n) is 16.2. The van der Waals surface area contributed by atoms with Crippen molar-refractivity contribution in [1.82, 2.24) is 9.88 Å². The molecule has 5 rings (SSSR count). The van der Waals surface area contributed by atoms with E-state index in [0.717, 1.165) is 56.0 Å². The number of rotatable bonds is 5. The summed E-state index contributed by atoms with van der Waals surface area (Å²) in [7, 11) is 1.70. The summed E-state index contributed by atoms with van der Waals surface area (Å²) in [4.78, 5) is 21.5. The Morgan fingerprint density at radius 2 is 2.21 bits per heavy atom. The van der Waals surface area contributed by atoms with E-state index in [2.05, 4.69) is 32.2 Å². The molecule has 2 aromatic rings. The summed E-state index contributed by atoms with van der Waals surface area (Å²) in [6.45, 7) is 3.70. The summed E-state index contributed by atoms with van der Waals surface area (Å²) >= 11 is 0. The monoisotopic (exact) mass is 378 g/mol. The Bertz CT molecular complexity index is 900. The second kappa shape index (κ2) is 7.09. The zero-order chi connectivity index (χ0) is 19.1. The van der Waals surface area contributed by atoms with Gasteiger partial charge in [0.1, 0.15) is 5.75 Å². The number of methoxy groups -OCH3 is 1. The maximum absolute atomic E-state index is 12.1. The molecule has 1 amide bonds. The van der Waals surface area contributed by atoms with Crippen molar-refractivity contribution in [2.75, 3.05) is 43.5 Å². The molecule has 0 bridgehead atoms. The van der Waals surface area contributed by atoms with Crippen molar-refractivity contribution in [3.63, 3.8) is 0 Å². The Kier molecular flexibility index (Phi) is 4.43. The quantitative estimate of drug-likeness (QED) is 0.867. The van der Waals surface area contributed by atoms with Crippen LogP contribution in [-0.4, -0.2) is 55.1 Å². The highest BCUT2D eigenvalue weighted by Gasteiger charge is 2.44. The molecule has 3 aliphatic rings. The summed E-state index contributed by atoms with van der Waals surface area (Å²) in [6.07, 6.45) is 4.95. The number of para-hydroxylation sites is 1. The Morgan fingerprint density at radius 3 is 3.11 bits per heavy atom. The molecule has 146 valence electrons. The first-order valence-corrected chi connectivity index (χ1v) is 10.1. The number of carbonyl (C=O) groups excluding carboxylic acids is 1. The van der Waals surface area contributed by atoms with Gasteiger partial charge < -0.3 is 19.9 Å². The number of hydrogen-bond donors (Lipinski definition) is 1. The van der Waals surface area contributed by atoms with Crippen molar-refractivity contribution in [1.29, 1.82) is 0 Å². The number of hydrogen-bond acceptors (Lipinski definition) is 5. The number of benzene rings is 1. The van der Waals surface area contributed by atoms with Gasteiger partial charge in [-0.25, -0.2) is 0 Å². The lowest BCUT2D eigenvalue weighted by Crippen LogP contribution is -2.49. The van der Waals surface area contributed by atoms with Crippen LogP contribution in [0.3, 0.4) is 0 Å². The van der Waals surface area contributed by atoms with Gasteiger partial charge in [-0.3, -0.25) is 9.78 Å². The Hall–Kier alpha value is -2.60. The van der Waals surface area contributed by atoms with Crippen molar-refractivity contribution >= 4 is 17.3 Å². The van der Waals surface area contributed by atoms with E-state index in [9.17, 15) is 4.79 Å².